The van der Waals surface area contributed by atoms with Crippen molar-refractivity contribution in [2.45, 2.75) is 53.9 Å². The number of nitrogens with zero attached hydrogens (tertiary/aromatic N) is 2. The Kier molecular flexibility index (Phi) is 7.09. The number of unbranched alkanes of at least 4 members (excludes halogenated alkanes) is 1. The summed E-state index contributed by atoms with van der Waals surface area (Å²) in [6, 6.07) is 4.05. The Balaban J connectivity index is 1.81. The molecule has 0 spiro atoms. The Bertz CT molecular complexity index is 936. The Morgan fingerprint density at radius 2 is 1.76 bits per heavy atom. The van der Waals surface area contributed by atoms with Crippen LogP contribution in [0, 0.1) is 26.7 Å². The van der Waals surface area contributed by atoms with Gasteiger partial charge in [0.25, 0.3) is 5.89 Å². The molecule has 0 unspecified atom stereocenters. The monoisotopic (exact) mass is 414 g/mol. The van der Waals surface area contributed by atoms with E-state index in [1.807, 2.05) is 26.0 Å². The van der Waals surface area contributed by atoms with Crippen molar-refractivity contribution in [3.05, 3.63) is 39.8 Å². The van der Waals surface area contributed by atoms with Gasteiger partial charge in [-0.25, -0.2) is 0 Å². The number of rotatable bonds is 9. The van der Waals surface area contributed by atoms with Gasteiger partial charge in [-0.05, 0) is 85.7 Å². The lowest BCUT2D eigenvalue weighted by Crippen LogP contribution is -2.02. The van der Waals surface area contributed by atoms with E-state index in [0.29, 0.717) is 24.3 Å². The van der Waals surface area contributed by atoms with Crippen molar-refractivity contribution >= 4 is 11.3 Å². The molecule has 6 heteroatoms. The first kappa shape index (κ1) is 21.5. The van der Waals surface area contributed by atoms with Crippen molar-refractivity contribution in [1.82, 2.24) is 10.2 Å². The fraction of sp³-hybridized carbons (Fsp3) is 0.478. The highest BCUT2D eigenvalue weighted by atomic mass is 32.1. The number of aromatic nitrogens is 2. The van der Waals surface area contributed by atoms with E-state index in [1.54, 1.807) is 11.3 Å². The van der Waals surface area contributed by atoms with E-state index in [-0.39, 0.29) is 6.61 Å². The van der Waals surface area contributed by atoms with Gasteiger partial charge in [0.1, 0.15) is 5.75 Å². The highest BCUT2D eigenvalue weighted by Gasteiger charge is 2.18. The van der Waals surface area contributed by atoms with E-state index in [2.05, 4.69) is 36.3 Å². The van der Waals surface area contributed by atoms with Gasteiger partial charge in [-0.3, -0.25) is 0 Å². The lowest BCUT2D eigenvalue weighted by atomic mass is 10.0. The Hall–Kier alpha value is -2.18. The van der Waals surface area contributed by atoms with Gasteiger partial charge in [-0.2, -0.15) is 0 Å². The Morgan fingerprint density at radius 3 is 2.41 bits per heavy atom. The van der Waals surface area contributed by atoms with Crippen LogP contribution < -0.4 is 4.74 Å². The smallest absolute Gasteiger partial charge is 0.258 e. The highest BCUT2D eigenvalue weighted by Crippen LogP contribution is 2.35. The fourth-order valence-corrected chi connectivity index (χ4v) is 4.45. The summed E-state index contributed by atoms with van der Waals surface area (Å²) >= 11 is 1.67. The topological polar surface area (TPSA) is 68.4 Å². The van der Waals surface area contributed by atoms with E-state index < -0.39 is 0 Å². The van der Waals surface area contributed by atoms with Crippen LogP contribution in [0.5, 0.6) is 5.75 Å². The van der Waals surface area contributed by atoms with Crippen LogP contribution in [0.2, 0.25) is 0 Å². The predicted molar refractivity (Wildman–Crippen MR) is 118 cm³/mol. The van der Waals surface area contributed by atoms with Crippen molar-refractivity contribution in [3.63, 3.8) is 0 Å². The molecule has 5 nitrogen and oxygen atoms in total. The van der Waals surface area contributed by atoms with Crippen LogP contribution in [0.1, 0.15) is 48.9 Å². The molecule has 0 bridgehead atoms. The molecular formula is C23H30N2O3S. The standard InChI is InChI=1S/C23H30N2O3S/c1-14(2)10-19-13-29-21(17(19)5)23-25-24-22(28-23)18-11-15(3)20(16(4)12-18)27-9-7-6-8-26/h11-14,26H,6-10H2,1-5H3. The molecule has 2 heterocycles. The maximum absolute atomic E-state index is 8.90. The summed E-state index contributed by atoms with van der Waals surface area (Å²) < 4.78 is 11.9. The average Bonchev–Trinajstić information content (AvgIpc) is 3.27. The highest BCUT2D eigenvalue weighted by molar-refractivity contribution is 7.13. The summed E-state index contributed by atoms with van der Waals surface area (Å²) in [5, 5.41) is 19.7. The third kappa shape index (κ3) is 5.06. The molecule has 1 N–H and O–H groups in total. The molecule has 0 saturated heterocycles. The summed E-state index contributed by atoms with van der Waals surface area (Å²) in [5.41, 5.74) is 5.57. The third-order valence-corrected chi connectivity index (χ3v) is 6.01. The van der Waals surface area contributed by atoms with Gasteiger partial charge in [-0.15, -0.1) is 21.5 Å². The normalized spacial score (nSPS) is 11.4. The molecule has 29 heavy (non-hydrogen) atoms. The SMILES string of the molecule is Cc1cc(-c2nnc(-c3scc(CC(C)C)c3C)o2)cc(C)c1OCCCCO. The minimum atomic E-state index is 0.197. The lowest BCUT2D eigenvalue weighted by Gasteiger charge is -2.13. The van der Waals surface area contributed by atoms with Crippen LogP contribution in [-0.4, -0.2) is 28.5 Å². The molecule has 3 aromatic rings. The van der Waals surface area contributed by atoms with Crippen LogP contribution in [-0.2, 0) is 6.42 Å². The zero-order valence-electron chi connectivity index (χ0n) is 17.9. The molecule has 0 saturated carbocycles. The minimum Gasteiger partial charge on any atom is -0.493 e. The summed E-state index contributed by atoms with van der Waals surface area (Å²) in [7, 11) is 0. The number of benzene rings is 1. The van der Waals surface area contributed by atoms with Gasteiger partial charge in [0.05, 0.1) is 11.5 Å². The molecule has 0 radical (unpaired) electrons. The number of ether oxygens (including phenoxy) is 1. The first-order valence-electron chi connectivity index (χ1n) is 10.2. The Labute approximate surface area is 176 Å². The number of hydrogen-bond acceptors (Lipinski definition) is 6. The summed E-state index contributed by atoms with van der Waals surface area (Å²) in [4.78, 5) is 1.05. The number of aliphatic hydroxyl groups excluding tert-OH is 1. The second-order valence-corrected chi connectivity index (χ2v) is 8.82. The van der Waals surface area contributed by atoms with Crippen LogP contribution in [0.3, 0.4) is 0 Å². The molecule has 0 aliphatic carbocycles. The van der Waals surface area contributed by atoms with Gasteiger partial charge in [0.2, 0.25) is 5.89 Å². The van der Waals surface area contributed by atoms with Crippen LogP contribution in [0.15, 0.2) is 21.9 Å². The van der Waals surface area contributed by atoms with Crippen molar-refractivity contribution in [2.24, 2.45) is 5.92 Å². The molecular weight excluding hydrogens is 384 g/mol. The van der Waals surface area contributed by atoms with E-state index in [1.165, 1.54) is 11.1 Å². The van der Waals surface area contributed by atoms with E-state index in [4.69, 9.17) is 14.3 Å². The maximum atomic E-state index is 8.90. The van der Waals surface area contributed by atoms with Gasteiger partial charge in [0.15, 0.2) is 0 Å². The lowest BCUT2D eigenvalue weighted by molar-refractivity contribution is 0.252. The molecule has 1 aromatic carbocycles. The van der Waals surface area contributed by atoms with Crippen molar-refractivity contribution < 1.29 is 14.3 Å². The van der Waals surface area contributed by atoms with Gasteiger partial charge >= 0.3 is 0 Å². The molecule has 0 fully saturated rings. The summed E-state index contributed by atoms with van der Waals surface area (Å²) in [6.07, 6.45) is 2.65. The summed E-state index contributed by atoms with van der Waals surface area (Å²) in [5.74, 6) is 2.61. The average molecular weight is 415 g/mol. The summed E-state index contributed by atoms with van der Waals surface area (Å²) in [6.45, 7) is 11.4. The van der Waals surface area contributed by atoms with Gasteiger partial charge in [0, 0.05) is 12.2 Å². The maximum Gasteiger partial charge on any atom is 0.258 e. The van der Waals surface area contributed by atoms with Crippen LogP contribution in [0.4, 0.5) is 0 Å². The predicted octanol–water partition coefficient (Wildman–Crippen LogP) is 5.74. The van der Waals surface area contributed by atoms with Gasteiger partial charge < -0.3 is 14.3 Å². The van der Waals surface area contributed by atoms with E-state index in [9.17, 15) is 0 Å². The molecule has 0 aliphatic heterocycles. The first-order chi connectivity index (χ1) is 13.9. The van der Waals surface area contributed by atoms with E-state index in [0.717, 1.165) is 46.6 Å². The van der Waals surface area contributed by atoms with E-state index >= 15 is 0 Å². The number of aliphatic hydroxyl groups is 1. The minimum absolute atomic E-state index is 0.197. The Morgan fingerprint density at radius 1 is 1.07 bits per heavy atom. The van der Waals surface area contributed by atoms with Crippen molar-refractivity contribution in [2.75, 3.05) is 13.2 Å². The number of hydrogen-bond donors (Lipinski definition) is 1. The molecule has 2 aromatic heterocycles. The van der Waals surface area contributed by atoms with Gasteiger partial charge in [-0.1, -0.05) is 13.8 Å². The largest absolute Gasteiger partial charge is 0.493 e. The van der Waals surface area contributed by atoms with Crippen LogP contribution in [0.25, 0.3) is 22.2 Å². The first-order valence-corrected chi connectivity index (χ1v) is 11.0. The second-order valence-electron chi connectivity index (χ2n) is 7.94. The quantitative estimate of drug-likeness (QED) is 0.452. The van der Waals surface area contributed by atoms with Crippen LogP contribution >= 0.6 is 11.3 Å². The molecule has 0 atom stereocenters. The second kappa shape index (κ2) is 9.55. The zero-order chi connectivity index (χ0) is 21.0. The van der Waals surface area contributed by atoms with Crippen molar-refractivity contribution in [1.29, 1.82) is 0 Å². The van der Waals surface area contributed by atoms with Crippen molar-refractivity contribution in [3.8, 4) is 28.0 Å². The third-order valence-electron chi connectivity index (χ3n) is 4.89. The fourth-order valence-electron chi connectivity index (χ4n) is 3.43. The molecule has 3 rings (SSSR count). The number of thiophene rings is 1. The zero-order valence-corrected chi connectivity index (χ0v) is 18.7. The molecule has 156 valence electrons. The molecule has 0 aliphatic rings. The number of aryl methyl sites for hydroxylation is 2. The molecule has 0 amide bonds.